The van der Waals surface area contributed by atoms with E-state index >= 15 is 0 Å². The number of pyridine rings is 1. The summed E-state index contributed by atoms with van der Waals surface area (Å²) in [6, 6.07) is 6.50. The van der Waals surface area contributed by atoms with E-state index in [9.17, 15) is 0 Å². The third kappa shape index (κ3) is 2.93. The minimum absolute atomic E-state index is 0.741. The molecule has 3 heteroatoms. The van der Waals surface area contributed by atoms with E-state index in [0.29, 0.717) is 0 Å². The molecular formula is C17H23N3. The lowest BCUT2D eigenvalue weighted by Gasteiger charge is -2.22. The molecule has 1 aromatic heterocycles. The van der Waals surface area contributed by atoms with Gasteiger partial charge in [0, 0.05) is 13.6 Å². The van der Waals surface area contributed by atoms with Gasteiger partial charge < -0.3 is 10.6 Å². The lowest BCUT2D eigenvalue weighted by atomic mass is 9.99. The molecule has 0 radical (unpaired) electrons. The van der Waals surface area contributed by atoms with Crippen LogP contribution in [0.3, 0.4) is 0 Å². The van der Waals surface area contributed by atoms with E-state index < -0.39 is 0 Å². The molecule has 2 rings (SSSR count). The highest BCUT2D eigenvalue weighted by Crippen LogP contribution is 2.22. The summed E-state index contributed by atoms with van der Waals surface area (Å²) in [5.74, 6) is 0.955. The largest absolute Gasteiger partial charge is 0.397 e. The van der Waals surface area contributed by atoms with E-state index in [1.807, 2.05) is 13.0 Å². The maximum absolute atomic E-state index is 5.83. The Bertz CT molecular complexity index is 609. The minimum atomic E-state index is 0.741. The van der Waals surface area contributed by atoms with Crippen molar-refractivity contribution >= 4 is 11.5 Å². The van der Waals surface area contributed by atoms with Crippen molar-refractivity contribution in [1.82, 2.24) is 4.98 Å². The van der Waals surface area contributed by atoms with Gasteiger partial charge in [0.1, 0.15) is 5.82 Å². The molecular weight excluding hydrogens is 246 g/mol. The van der Waals surface area contributed by atoms with E-state index in [-0.39, 0.29) is 0 Å². The molecule has 2 N–H and O–H groups in total. The number of rotatable bonds is 3. The predicted molar refractivity (Wildman–Crippen MR) is 86.1 cm³/mol. The SMILES string of the molecule is Cc1cc(C)c(CN(C)c2cc(C)c(N)cn2)c(C)c1. The first-order chi connectivity index (χ1) is 9.38. The highest BCUT2D eigenvalue weighted by atomic mass is 15.2. The fourth-order valence-corrected chi connectivity index (χ4v) is 2.54. The van der Waals surface area contributed by atoms with Crippen molar-refractivity contribution < 1.29 is 0 Å². The van der Waals surface area contributed by atoms with Crippen molar-refractivity contribution in [3.63, 3.8) is 0 Å². The maximum Gasteiger partial charge on any atom is 0.128 e. The molecule has 1 heterocycles. The molecule has 0 aliphatic carbocycles. The van der Waals surface area contributed by atoms with Crippen molar-refractivity contribution in [2.24, 2.45) is 0 Å². The fraction of sp³-hybridized carbons (Fsp3) is 0.353. The van der Waals surface area contributed by atoms with Crippen molar-refractivity contribution in [3.05, 3.63) is 52.2 Å². The van der Waals surface area contributed by atoms with Gasteiger partial charge in [0.15, 0.2) is 0 Å². The average molecular weight is 269 g/mol. The Hall–Kier alpha value is -2.03. The summed E-state index contributed by atoms with van der Waals surface area (Å²) >= 11 is 0. The van der Waals surface area contributed by atoms with Crippen LogP contribution in [0.25, 0.3) is 0 Å². The van der Waals surface area contributed by atoms with Gasteiger partial charge in [0.25, 0.3) is 0 Å². The van der Waals surface area contributed by atoms with Gasteiger partial charge in [-0.05, 0) is 56.0 Å². The zero-order chi connectivity index (χ0) is 14.9. The Morgan fingerprint density at radius 1 is 1.00 bits per heavy atom. The van der Waals surface area contributed by atoms with Crippen LogP contribution in [-0.4, -0.2) is 12.0 Å². The molecule has 0 fully saturated rings. The van der Waals surface area contributed by atoms with Crippen LogP contribution < -0.4 is 10.6 Å². The molecule has 1 aromatic carbocycles. The molecule has 106 valence electrons. The molecule has 0 aliphatic heterocycles. The van der Waals surface area contributed by atoms with Crippen molar-refractivity contribution in [3.8, 4) is 0 Å². The van der Waals surface area contributed by atoms with Crippen LogP contribution in [0.2, 0.25) is 0 Å². The number of nitrogen functional groups attached to an aromatic ring is 1. The third-order valence-corrected chi connectivity index (χ3v) is 3.76. The zero-order valence-corrected chi connectivity index (χ0v) is 13.0. The smallest absolute Gasteiger partial charge is 0.128 e. The first kappa shape index (κ1) is 14.4. The van der Waals surface area contributed by atoms with E-state index in [4.69, 9.17) is 5.73 Å². The van der Waals surface area contributed by atoms with Crippen LogP contribution in [0.1, 0.15) is 27.8 Å². The zero-order valence-electron chi connectivity index (χ0n) is 13.0. The maximum atomic E-state index is 5.83. The molecule has 0 saturated heterocycles. The van der Waals surface area contributed by atoms with Gasteiger partial charge in [-0.25, -0.2) is 4.98 Å². The summed E-state index contributed by atoms with van der Waals surface area (Å²) < 4.78 is 0. The second kappa shape index (κ2) is 5.53. The minimum Gasteiger partial charge on any atom is -0.397 e. The van der Waals surface area contributed by atoms with E-state index in [1.165, 1.54) is 22.3 Å². The number of hydrogen-bond donors (Lipinski definition) is 1. The summed E-state index contributed by atoms with van der Waals surface area (Å²) in [5, 5.41) is 0. The molecule has 0 aliphatic rings. The second-order valence-corrected chi connectivity index (χ2v) is 5.63. The van der Waals surface area contributed by atoms with Crippen LogP contribution in [0, 0.1) is 27.7 Å². The molecule has 0 atom stereocenters. The van der Waals surface area contributed by atoms with E-state index in [0.717, 1.165) is 23.6 Å². The average Bonchev–Trinajstić information content (AvgIpc) is 2.36. The van der Waals surface area contributed by atoms with Crippen molar-refractivity contribution in [1.29, 1.82) is 0 Å². The van der Waals surface area contributed by atoms with Gasteiger partial charge in [-0.1, -0.05) is 17.7 Å². The van der Waals surface area contributed by atoms with Crippen LogP contribution in [0.4, 0.5) is 11.5 Å². The Labute approximate surface area is 121 Å². The molecule has 3 nitrogen and oxygen atoms in total. The first-order valence-corrected chi connectivity index (χ1v) is 6.88. The number of hydrogen-bond acceptors (Lipinski definition) is 3. The summed E-state index contributed by atoms with van der Waals surface area (Å²) in [5.41, 5.74) is 13.0. The quantitative estimate of drug-likeness (QED) is 0.926. The number of benzene rings is 1. The summed E-state index contributed by atoms with van der Waals surface area (Å²) in [4.78, 5) is 6.58. The lowest BCUT2D eigenvalue weighted by Crippen LogP contribution is -2.19. The molecule has 0 spiro atoms. The monoisotopic (exact) mass is 269 g/mol. The van der Waals surface area contributed by atoms with Gasteiger partial charge in [0.2, 0.25) is 0 Å². The van der Waals surface area contributed by atoms with Crippen molar-refractivity contribution in [2.75, 3.05) is 17.7 Å². The summed E-state index contributed by atoms with van der Waals surface area (Å²) in [6.07, 6.45) is 1.73. The normalized spacial score (nSPS) is 10.7. The summed E-state index contributed by atoms with van der Waals surface area (Å²) in [6.45, 7) is 9.35. The Kier molecular flexibility index (Phi) is 3.98. The first-order valence-electron chi connectivity index (χ1n) is 6.88. The topological polar surface area (TPSA) is 42.1 Å². The Morgan fingerprint density at radius 2 is 1.60 bits per heavy atom. The standard InChI is InChI=1S/C17H23N3/c1-11-6-12(2)15(13(3)7-11)10-20(5)17-8-14(4)16(18)9-19-17/h6-9H,10,18H2,1-5H3. The van der Waals surface area contributed by atoms with Crippen LogP contribution in [0.15, 0.2) is 24.4 Å². The van der Waals surface area contributed by atoms with E-state index in [1.54, 1.807) is 6.20 Å². The van der Waals surface area contributed by atoms with E-state index in [2.05, 4.69) is 49.8 Å². The number of nitrogens with two attached hydrogens (primary N) is 1. The highest BCUT2D eigenvalue weighted by molar-refractivity contribution is 5.52. The van der Waals surface area contributed by atoms with Crippen LogP contribution >= 0.6 is 0 Å². The molecule has 20 heavy (non-hydrogen) atoms. The van der Waals surface area contributed by atoms with Crippen molar-refractivity contribution in [2.45, 2.75) is 34.2 Å². The van der Waals surface area contributed by atoms with Crippen LogP contribution in [0.5, 0.6) is 0 Å². The molecule has 0 saturated carbocycles. The summed E-state index contributed by atoms with van der Waals surface area (Å²) in [7, 11) is 2.07. The van der Waals surface area contributed by atoms with Gasteiger partial charge in [-0.2, -0.15) is 0 Å². The van der Waals surface area contributed by atoms with Gasteiger partial charge in [-0.3, -0.25) is 0 Å². The molecule has 0 unspecified atom stereocenters. The number of nitrogens with zero attached hydrogens (tertiary/aromatic N) is 2. The lowest BCUT2D eigenvalue weighted by molar-refractivity contribution is 0.881. The number of anilines is 2. The van der Waals surface area contributed by atoms with Gasteiger partial charge >= 0.3 is 0 Å². The van der Waals surface area contributed by atoms with Gasteiger partial charge in [-0.15, -0.1) is 0 Å². The number of aromatic nitrogens is 1. The number of aryl methyl sites for hydroxylation is 4. The van der Waals surface area contributed by atoms with Gasteiger partial charge in [0.05, 0.1) is 11.9 Å². The van der Waals surface area contributed by atoms with Crippen LogP contribution in [-0.2, 0) is 6.54 Å². The molecule has 2 aromatic rings. The molecule has 0 amide bonds. The molecule has 0 bridgehead atoms. The Morgan fingerprint density at radius 3 is 2.15 bits per heavy atom. The predicted octanol–water partition coefficient (Wildman–Crippen LogP) is 3.53. The third-order valence-electron chi connectivity index (χ3n) is 3.76. The second-order valence-electron chi connectivity index (χ2n) is 5.63. The fourth-order valence-electron chi connectivity index (χ4n) is 2.54. The highest BCUT2D eigenvalue weighted by Gasteiger charge is 2.09. The Balaban J connectivity index is 2.27.